The molecule has 1 unspecified atom stereocenters. The van der Waals surface area contributed by atoms with Crippen LogP contribution in [0.2, 0.25) is 32.2 Å². The average molecular weight is 203 g/mol. The fourth-order valence-electron chi connectivity index (χ4n) is 2.10. The van der Waals surface area contributed by atoms with Gasteiger partial charge in [-0.05, 0) is 44.7 Å². The highest BCUT2D eigenvalue weighted by Crippen LogP contribution is 2.24. The molecule has 1 aliphatic rings. The van der Waals surface area contributed by atoms with Crippen molar-refractivity contribution in [3.05, 3.63) is 0 Å². The molecular weight excluding hydrogens is 182 g/mol. The minimum absolute atomic E-state index is 0.793. The van der Waals surface area contributed by atoms with Crippen molar-refractivity contribution < 1.29 is 4.12 Å². The third-order valence-corrected chi connectivity index (χ3v) is 9.23. The van der Waals surface area contributed by atoms with Crippen molar-refractivity contribution in [3.63, 3.8) is 0 Å². The average Bonchev–Trinajstić information content (AvgIpc) is 1.86. The van der Waals surface area contributed by atoms with E-state index in [0.717, 1.165) is 12.5 Å². The zero-order chi connectivity index (χ0) is 9.41. The summed E-state index contributed by atoms with van der Waals surface area (Å²) in [6.45, 7) is 12.7. The fraction of sp³-hybridized carbons (Fsp3) is 1.00. The van der Waals surface area contributed by atoms with Gasteiger partial charge >= 0.3 is 0 Å². The molecule has 72 valence electrons. The lowest BCUT2D eigenvalue weighted by atomic mass is 10.2. The highest BCUT2D eigenvalue weighted by Gasteiger charge is 2.37. The Morgan fingerprint density at radius 2 is 1.83 bits per heavy atom. The van der Waals surface area contributed by atoms with E-state index in [1.165, 1.54) is 6.04 Å². The van der Waals surface area contributed by atoms with Crippen LogP contribution < -0.4 is 4.98 Å². The van der Waals surface area contributed by atoms with Gasteiger partial charge in [0.2, 0.25) is 0 Å². The van der Waals surface area contributed by atoms with Gasteiger partial charge in [-0.25, -0.2) is 0 Å². The molecule has 0 radical (unpaired) electrons. The molecule has 4 heteroatoms. The zero-order valence-corrected chi connectivity index (χ0v) is 10.9. The van der Waals surface area contributed by atoms with E-state index in [1.807, 2.05) is 0 Å². The number of hydrogen-bond acceptors (Lipinski definition) is 2. The summed E-state index contributed by atoms with van der Waals surface area (Å²) in [4.78, 5) is 3.58. The molecule has 0 bridgehead atoms. The van der Waals surface area contributed by atoms with Gasteiger partial charge in [-0.15, -0.1) is 0 Å². The first kappa shape index (κ1) is 10.4. The van der Waals surface area contributed by atoms with E-state index in [0.29, 0.717) is 0 Å². The standard InChI is InChI=1S/C8H21NOSi2/c1-8-6-9-12(4,5)10-11(2,3)7-8/h8-9H,6-7H2,1-5H3. The Hall–Kier alpha value is 0.354. The second-order valence-electron chi connectivity index (χ2n) is 5.06. The van der Waals surface area contributed by atoms with Crippen molar-refractivity contribution in [2.75, 3.05) is 6.54 Å². The van der Waals surface area contributed by atoms with Gasteiger partial charge in [-0.1, -0.05) is 6.92 Å². The molecule has 2 nitrogen and oxygen atoms in total. The molecule has 1 aliphatic heterocycles. The van der Waals surface area contributed by atoms with E-state index in [1.54, 1.807) is 0 Å². The molecule has 1 fully saturated rings. The third-order valence-electron chi connectivity index (χ3n) is 2.25. The van der Waals surface area contributed by atoms with Gasteiger partial charge in [0.25, 0.3) is 8.48 Å². The molecule has 0 saturated carbocycles. The minimum Gasteiger partial charge on any atom is -0.445 e. The van der Waals surface area contributed by atoms with Gasteiger partial charge in [0.15, 0.2) is 8.32 Å². The molecule has 1 rings (SSSR count). The van der Waals surface area contributed by atoms with Crippen LogP contribution in [0.1, 0.15) is 6.92 Å². The van der Waals surface area contributed by atoms with E-state index in [4.69, 9.17) is 4.12 Å². The smallest absolute Gasteiger partial charge is 0.251 e. The van der Waals surface area contributed by atoms with Gasteiger partial charge in [0.05, 0.1) is 0 Å². The van der Waals surface area contributed by atoms with E-state index in [9.17, 15) is 0 Å². The van der Waals surface area contributed by atoms with Crippen LogP contribution in [0.25, 0.3) is 0 Å². The van der Waals surface area contributed by atoms with Gasteiger partial charge in [-0.3, -0.25) is 0 Å². The van der Waals surface area contributed by atoms with E-state index in [-0.39, 0.29) is 0 Å². The first-order valence-electron chi connectivity index (χ1n) is 4.76. The summed E-state index contributed by atoms with van der Waals surface area (Å²) >= 11 is 0. The molecule has 0 aromatic rings. The second kappa shape index (κ2) is 3.25. The van der Waals surface area contributed by atoms with Crippen molar-refractivity contribution in [1.29, 1.82) is 0 Å². The predicted molar refractivity (Wildman–Crippen MR) is 58.0 cm³/mol. The number of hydrogen-bond donors (Lipinski definition) is 1. The summed E-state index contributed by atoms with van der Waals surface area (Å²) in [6, 6.07) is 1.30. The van der Waals surface area contributed by atoms with E-state index >= 15 is 0 Å². The summed E-state index contributed by atoms with van der Waals surface area (Å²) < 4.78 is 6.22. The highest BCUT2D eigenvalue weighted by molar-refractivity contribution is 6.84. The lowest BCUT2D eigenvalue weighted by molar-refractivity contribution is 0.535. The van der Waals surface area contributed by atoms with Crippen LogP contribution in [-0.2, 0) is 4.12 Å². The molecule has 0 spiro atoms. The van der Waals surface area contributed by atoms with Crippen LogP contribution >= 0.6 is 0 Å². The molecule has 0 aromatic carbocycles. The fourth-order valence-corrected chi connectivity index (χ4v) is 10.9. The van der Waals surface area contributed by atoms with Crippen LogP contribution in [0.15, 0.2) is 0 Å². The Balaban J connectivity index is 2.69. The van der Waals surface area contributed by atoms with Crippen LogP contribution in [0, 0.1) is 5.92 Å². The molecule has 0 amide bonds. The summed E-state index contributed by atoms with van der Waals surface area (Å²) in [6.07, 6.45) is 0. The zero-order valence-electron chi connectivity index (χ0n) is 8.90. The summed E-state index contributed by atoms with van der Waals surface area (Å²) in [7, 11) is -2.85. The van der Waals surface area contributed by atoms with Crippen LogP contribution in [-0.4, -0.2) is 23.3 Å². The Bertz CT molecular complexity index is 170. The largest absolute Gasteiger partial charge is 0.445 e. The number of nitrogens with one attached hydrogen (secondary N) is 1. The molecule has 0 aliphatic carbocycles. The molecular formula is C8H21NOSi2. The Morgan fingerprint density at radius 3 is 2.42 bits per heavy atom. The lowest BCUT2D eigenvalue weighted by Gasteiger charge is -2.30. The molecule has 1 saturated heterocycles. The maximum atomic E-state index is 6.22. The van der Waals surface area contributed by atoms with Gasteiger partial charge in [-0.2, -0.15) is 0 Å². The summed E-state index contributed by atoms with van der Waals surface area (Å²) in [5.74, 6) is 0.793. The number of rotatable bonds is 0. The second-order valence-corrected chi connectivity index (χ2v) is 13.2. The van der Waals surface area contributed by atoms with Crippen molar-refractivity contribution in [1.82, 2.24) is 4.98 Å². The predicted octanol–water partition coefficient (Wildman–Crippen LogP) is 2.15. The molecule has 1 N–H and O–H groups in total. The maximum absolute atomic E-state index is 6.22. The topological polar surface area (TPSA) is 21.3 Å². The summed E-state index contributed by atoms with van der Waals surface area (Å²) in [5, 5.41) is 0. The van der Waals surface area contributed by atoms with E-state index in [2.05, 4.69) is 38.1 Å². The Kier molecular flexibility index (Phi) is 2.83. The molecule has 1 heterocycles. The first-order valence-corrected chi connectivity index (χ1v) is 10.8. The Morgan fingerprint density at radius 1 is 1.25 bits per heavy atom. The monoisotopic (exact) mass is 203 g/mol. The van der Waals surface area contributed by atoms with Crippen molar-refractivity contribution in [3.8, 4) is 0 Å². The normalized spacial score (nSPS) is 34.2. The van der Waals surface area contributed by atoms with Gasteiger partial charge < -0.3 is 9.10 Å². The quantitative estimate of drug-likeness (QED) is 0.609. The molecule has 12 heavy (non-hydrogen) atoms. The van der Waals surface area contributed by atoms with Crippen molar-refractivity contribution >= 4 is 16.8 Å². The van der Waals surface area contributed by atoms with Crippen molar-refractivity contribution in [2.24, 2.45) is 5.92 Å². The lowest BCUT2D eigenvalue weighted by Crippen LogP contribution is -2.52. The van der Waals surface area contributed by atoms with Crippen LogP contribution in [0.5, 0.6) is 0 Å². The summed E-state index contributed by atoms with van der Waals surface area (Å²) in [5.41, 5.74) is 0. The highest BCUT2D eigenvalue weighted by atomic mass is 28.4. The van der Waals surface area contributed by atoms with Gasteiger partial charge in [0, 0.05) is 0 Å². The maximum Gasteiger partial charge on any atom is 0.251 e. The first-order chi connectivity index (χ1) is 5.31. The third kappa shape index (κ3) is 3.01. The SMILES string of the molecule is CC1CN[Si](C)(C)O[Si](C)(C)C1. The van der Waals surface area contributed by atoms with Crippen molar-refractivity contribution in [2.45, 2.75) is 39.2 Å². The van der Waals surface area contributed by atoms with Crippen LogP contribution in [0.3, 0.4) is 0 Å². The van der Waals surface area contributed by atoms with Gasteiger partial charge in [0.1, 0.15) is 0 Å². The molecule has 0 aromatic heterocycles. The Labute approximate surface area is 78.0 Å². The van der Waals surface area contributed by atoms with Crippen LogP contribution in [0.4, 0.5) is 0 Å². The molecule has 1 atom stereocenters. The van der Waals surface area contributed by atoms with E-state index < -0.39 is 16.8 Å². The minimum atomic E-state index is -1.51.